The molecule has 5 aromatic rings. The molecule has 3 aromatic heterocycles. The molecule has 2 fully saturated rings. The SMILES string of the molecule is CCc1c(N2CCN(C(=O)c3ncnc(C)c3O)CC2)c(=O)n2nc(-c3ccc(C4(O)CCCC4)cc3)nc2n1CC(=O)Nc1ccc(C(F)(F)F)cc1Cl. The maximum Gasteiger partial charge on any atom is 0.416 e. The number of nitrogens with zero attached hydrogens (tertiary/aromatic N) is 8. The van der Waals surface area contributed by atoms with Crippen LogP contribution in [0.1, 0.15) is 65.6 Å². The summed E-state index contributed by atoms with van der Waals surface area (Å²) in [4.78, 5) is 57.2. The van der Waals surface area contributed by atoms with Gasteiger partial charge in [0.25, 0.3) is 11.5 Å². The van der Waals surface area contributed by atoms with Gasteiger partial charge in [0.1, 0.15) is 18.6 Å². The number of fused-ring (bicyclic) bond motifs is 1. The third-order valence-electron chi connectivity index (χ3n) is 10.2. The highest BCUT2D eigenvalue weighted by Gasteiger charge is 2.34. The number of benzene rings is 2. The lowest BCUT2D eigenvalue weighted by molar-refractivity contribution is -0.137. The zero-order valence-corrected chi connectivity index (χ0v) is 30.7. The third kappa shape index (κ3) is 7.21. The highest BCUT2D eigenvalue weighted by atomic mass is 35.5. The third-order valence-corrected chi connectivity index (χ3v) is 10.5. The minimum atomic E-state index is -4.63. The maximum absolute atomic E-state index is 14.4. The Bertz CT molecular complexity index is 2350. The van der Waals surface area contributed by atoms with Crippen LogP contribution in [0.25, 0.3) is 17.2 Å². The number of hydrogen-bond acceptors (Lipinski definition) is 10. The minimum absolute atomic E-state index is 0.0353. The molecule has 1 aliphatic carbocycles. The van der Waals surface area contributed by atoms with Crippen molar-refractivity contribution in [1.82, 2.24) is 34.0 Å². The fraction of sp³-hybridized carbons (Fsp3) is 0.378. The summed E-state index contributed by atoms with van der Waals surface area (Å²) in [6.07, 6.45) is 0.00402. The summed E-state index contributed by atoms with van der Waals surface area (Å²) in [5, 5.41) is 28.3. The van der Waals surface area contributed by atoms with Crippen LogP contribution in [0.5, 0.6) is 5.75 Å². The first-order valence-corrected chi connectivity index (χ1v) is 18.1. The van der Waals surface area contributed by atoms with Crippen molar-refractivity contribution >= 4 is 40.6 Å². The molecule has 0 atom stereocenters. The molecule has 1 aliphatic heterocycles. The van der Waals surface area contributed by atoms with Crippen LogP contribution in [-0.2, 0) is 29.5 Å². The Hall–Kier alpha value is -5.55. The Kier molecular flexibility index (Phi) is 10.0. The number of halogens is 4. The van der Waals surface area contributed by atoms with Crippen molar-refractivity contribution in [2.24, 2.45) is 0 Å². The highest BCUT2D eigenvalue weighted by molar-refractivity contribution is 6.33. The van der Waals surface area contributed by atoms with Crippen molar-refractivity contribution in [3.05, 3.63) is 92.4 Å². The van der Waals surface area contributed by atoms with E-state index in [1.165, 1.54) is 15.8 Å². The normalized spacial score (nSPS) is 15.8. The van der Waals surface area contributed by atoms with Crippen molar-refractivity contribution in [2.45, 2.75) is 64.3 Å². The number of aromatic hydroxyl groups is 1. The quantitative estimate of drug-likeness (QED) is 0.196. The average Bonchev–Trinajstić information content (AvgIpc) is 3.82. The van der Waals surface area contributed by atoms with Crippen LogP contribution < -0.4 is 15.8 Å². The smallest absolute Gasteiger partial charge is 0.416 e. The van der Waals surface area contributed by atoms with Crippen LogP contribution in [0.15, 0.2) is 53.6 Å². The lowest BCUT2D eigenvalue weighted by Crippen LogP contribution is -2.51. The summed E-state index contributed by atoms with van der Waals surface area (Å²) < 4.78 is 42.4. The van der Waals surface area contributed by atoms with Gasteiger partial charge in [0.2, 0.25) is 11.7 Å². The van der Waals surface area contributed by atoms with Gasteiger partial charge in [-0.2, -0.15) is 22.7 Å². The molecule has 1 saturated heterocycles. The molecule has 0 radical (unpaired) electrons. The summed E-state index contributed by atoms with van der Waals surface area (Å²) in [6.45, 7) is 3.73. The molecule has 3 N–H and O–H groups in total. The minimum Gasteiger partial charge on any atom is -0.504 e. The van der Waals surface area contributed by atoms with Gasteiger partial charge in [0.15, 0.2) is 17.3 Å². The van der Waals surface area contributed by atoms with Gasteiger partial charge in [0, 0.05) is 31.7 Å². The Morgan fingerprint density at radius 1 is 1.02 bits per heavy atom. The van der Waals surface area contributed by atoms with E-state index in [2.05, 4.69) is 20.4 Å². The van der Waals surface area contributed by atoms with Gasteiger partial charge in [-0.15, -0.1) is 5.10 Å². The van der Waals surface area contributed by atoms with Gasteiger partial charge >= 0.3 is 6.18 Å². The molecule has 14 nitrogen and oxygen atoms in total. The van der Waals surface area contributed by atoms with E-state index in [4.69, 9.17) is 16.6 Å². The topological polar surface area (TPSA) is 171 Å². The van der Waals surface area contributed by atoms with Gasteiger partial charge in [-0.1, -0.05) is 55.6 Å². The molecular formula is C37H37ClF3N9O5. The fourth-order valence-electron chi connectivity index (χ4n) is 7.26. The van der Waals surface area contributed by atoms with Crippen LogP contribution in [0, 0.1) is 6.92 Å². The molecule has 0 spiro atoms. The van der Waals surface area contributed by atoms with E-state index < -0.39 is 41.3 Å². The second-order valence-corrected chi connectivity index (χ2v) is 14.1. The molecule has 4 heterocycles. The summed E-state index contributed by atoms with van der Waals surface area (Å²) in [7, 11) is 0. The van der Waals surface area contributed by atoms with E-state index in [9.17, 15) is 37.8 Å². The molecule has 0 bridgehead atoms. The van der Waals surface area contributed by atoms with Crippen LogP contribution in [0.2, 0.25) is 5.02 Å². The number of hydrogen-bond donors (Lipinski definition) is 3. The second kappa shape index (κ2) is 14.6. The standard InChI is InChI=1S/C37H37ClF3N9O5/c1-3-27-30(47-14-16-48(17-15-47)33(53)29-31(52)21(2)42-20-43-29)34(54)50-35(45-32(46-50)22-6-8-23(9-7-22)36(55)12-4-5-13-36)49(27)19-28(51)44-26-11-10-24(18-25(26)38)37(39,40)41/h6-11,18,20,52,55H,3-5,12-17,19H2,1-2H3,(H,44,51). The number of alkyl halides is 3. The van der Waals surface area contributed by atoms with Crippen LogP contribution in [0.3, 0.4) is 0 Å². The monoisotopic (exact) mass is 779 g/mol. The summed E-state index contributed by atoms with van der Waals surface area (Å²) in [5.74, 6) is -1.20. The molecule has 0 unspecified atom stereocenters. The van der Waals surface area contributed by atoms with Gasteiger partial charge < -0.3 is 29.9 Å². The first-order valence-electron chi connectivity index (χ1n) is 17.8. The number of piperazine rings is 1. The van der Waals surface area contributed by atoms with Gasteiger partial charge in [-0.05, 0) is 49.9 Å². The van der Waals surface area contributed by atoms with Crippen molar-refractivity contribution in [3.8, 4) is 17.1 Å². The Morgan fingerprint density at radius 3 is 2.35 bits per heavy atom. The predicted octanol–water partition coefficient (Wildman–Crippen LogP) is 4.96. The van der Waals surface area contributed by atoms with Crippen molar-refractivity contribution in [3.63, 3.8) is 0 Å². The number of amides is 2. The van der Waals surface area contributed by atoms with E-state index in [-0.39, 0.29) is 77.7 Å². The van der Waals surface area contributed by atoms with Gasteiger partial charge in [-0.3, -0.25) is 14.4 Å². The molecule has 55 heavy (non-hydrogen) atoms. The van der Waals surface area contributed by atoms with E-state index in [0.29, 0.717) is 24.1 Å². The van der Waals surface area contributed by atoms with Crippen LogP contribution in [-0.4, -0.2) is 82.2 Å². The van der Waals surface area contributed by atoms with Crippen LogP contribution in [0.4, 0.5) is 24.5 Å². The maximum atomic E-state index is 14.4. The largest absolute Gasteiger partial charge is 0.504 e. The highest BCUT2D eigenvalue weighted by Crippen LogP contribution is 2.39. The second-order valence-electron chi connectivity index (χ2n) is 13.7. The number of aryl methyl sites for hydroxylation is 1. The first-order chi connectivity index (χ1) is 26.2. The molecule has 2 aliphatic rings. The summed E-state index contributed by atoms with van der Waals surface area (Å²) in [6, 6.07) is 9.77. The Balaban J connectivity index is 1.25. The lowest BCUT2D eigenvalue weighted by atomic mass is 9.91. The molecule has 18 heteroatoms. The lowest BCUT2D eigenvalue weighted by Gasteiger charge is -2.36. The Labute approximate surface area is 317 Å². The van der Waals surface area contributed by atoms with Crippen LogP contribution >= 0.6 is 11.6 Å². The number of carbonyl (C=O) groups is 2. The molecule has 2 aromatic carbocycles. The number of carbonyl (C=O) groups excluding carboxylic acids is 2. The number of anilines is 2. The number of aliphatic hydroxyl groups is 1. The number of nitrogens with one attached hydrogen (secondary N) is 1. The summed E-state index contributed by atoms with van der Waals surface area (Å²) >= 11 is 6.14. The van der Waals surface area contributed by atoms with E-state index in [1.807, 2.05) is 12.1 Å². The molecule has 1 saturated carbocycles. The van der Waals surface area contributed by atoms with E-state index in [1.54, 1.807) is 30.9 Å². The van der Waals surface area contributed by atoms with Crippen molar-refractivity contribution in [1.29, 1.82) is 0 Å². The fourth-order valence-corrected chi connectivity index (χ4v) is 7.49. The number of aromatic nitrogens is 6. The number of rotatable bonds is 8. The van der Waals surface area contributed by atoms with E-state index in [0.717, 1.165) is 41.1 Å². The van der Waals surface area contributed by atoms with E-state index >= 15 is 0 Å². The molecule has 288 valence electrons. The zero-order valence-electron chi connectivity index (χ0n) is 29.9. The van der Waals surface area contributed by atoms with Gasteiger partial charge in [-0.25, -0.2) is 9.97 Å². The zero-order chi connectivity index (χ0) is 39.2. The van der Waals surface area contributed by atoms with Crippen molar-refractivity contribution < 1.29 is 33.0 Å². The first kappa shape index (κ1) is 37.8. The molecule has 2 amide bonds. The Morgan fingerprint density at radius 2 is 1.71 bits per heavy atom. The molecule has 7 rings (SSSR count). The molecular weight excluding hydrogens is 743 g/mol. The summed E-state index contributed by atoms with van der Waals surface area (Å²) in [5.41, 5.74) is -0.275. The predicted molar refractivity (Wildman–Crippen MR) is 196 cm³/mol. The van der Waals surface area contributed by atoms with Crippen molar-refractivity contribution in [2.75, 3.05) is 36.4 Å². The van der Waals surface area contributed by atoms with Gasteiger partial charge in [0.05, 0.1) is 33.3 Å². The average molecular weight is 780 g/mol.